The number of nitrogens with zero attached hydrogens (tertiary/aromatic N) is 2. The van der Waals surface area contributed by atoms with Gasteiger partial charge in [-0.15, -0.1) is 0 Å². The maximum absolute atomic E-state index is 12.9. The van der Waals surface area contributed by atoms with Crippen LogP contribution in [0.5, 0.6) is 0 Å². The number of benzene rings is 1. The van der Waals surface area contributed by atoms with Crippen LogP contribution in [0.15, 0.2) is 24.3 Å². The van der Waals surface area contributed by atoms with Gasteiger partial charge in [-0.2, -0.15) is 13.2 Å². The SMILES string of the molecule is CN(C)CCN(C(=O)NCC(C)(C)C)c1cccc(C(F)(F)F)c1. The Morgan fingerprint density at radius 3 is 2.25 bits per heavy atom. The highest BCUT2D eigenvalue weighted by Gasteiger charge is 2.31. The van der Waals surface area contributed by atoms with Crippen molar-refractivity contribution >= 4 is 11.7 Å². The van der Waals surface area contributed by atoms with Gasteiger partial charge in [0.2, 0.25) is 0 Å². The van der Waals surface area contributed by atoms with Crippen molar-refractivity contribution in [2.75, 3.05) is 38.6 Å². The van der Waals surface area contributed by atoms with Crippen LogP contribution >= 0.6 is 0 Å². The van der Waals surface area contributed by atoms with Crippen molar-refractivity contribution in [3.63, 3.8) is 0 Å². The molecule has 1 aromatic carbocycles. The molecule has 0 aliphatic rings. The molecule has 0 spiro atoms. The Hall–Kier alpha value is -1.76. The van der Waals surface area contributed by atoms with Gasteiger partial charge in [0.25, 0.3) is 0 Å². The lowest BCUT2D eigenvalue weighted by atomic mass is 9.97. The van der Waals surface area contributed by atoms with Crippen molar-refractivity contribution in [1.82, 2.24) is 10.2 Å². The third-order valence-corrected chi connectivity index (χ3v) is 3.27. The Kier molecular flexibility index (Phi) is 6.66. The standard InChI is InChI=1S/C17H26F3N3O/c1-16(2,3)12-21-15(24)23(10-9-22(4)5)14-8-6-7-13(11-14)17(18,19)20/h6-8,11H,9-10,12H2,1-5H3,(H,21,24). The highest BCUT2D eigenvalue weighted by Crippen LogP contribution is 2.31. The summed E-state index contributed by atoms with van der Waals surface area (Å²) in [5, 5.41) is 2.79. The number of hydrogen-bond acceptors (Lipinski definition) is 2. The van der Waals surface area contributed by atoms with Crippen LogP contribution in [0.2, 0.25) is 0 Å². The van der Waals surface area contributed by atoms with E-state index in [1.165, 1.54) is 17.0 Å². The van der Waals surface area contributed by atoms with Gasteiger partial charge in [0.05, 0.1) is 5.56 Å². The molecule has 0 aliphatic carbocycles. The first-order chi connectivity index (χ1) is 10.9. The number of likely N-dealkylation sites (N-methyl/N-ethyl adjacent to an activating group) is 1. The zero-order valence-electron chi connectivity index (χ0n) is 14.9. The Labute approximate surface area is 141 Å². The zero-order chi connectivity index (χ0) is 18.5. The summed E-state index contributed by atoms with van der Waals surface area (Å²) in [4.78, 5) is 15.7. The number of halogens is 3. The summed E-state index contributed by atoms with van der Waals surface area (Å²) in [6.45, 7) is 7.19. The Morgan fingerprint density at radius 2 is 1.75 bits per heavy atom. The van der Waals surface area contributed by atoms with Crippen LogP contribution < -0.4 is 10.2 Å². The van der Waals surface area contributed by atoms with Crippen LogP contribution in [0, 0.1) is 5.41 Å². The first kappa shape index (κ1) is 20.3. The number of alkyl halides is 3. The Morgan fingerprint density at radius 1 is 1.12 bits per heavy atom. The third-order valence-electron chi connectivity index (χ3n) is 3.27. The van der Waals surface area contributed by atoms with Crippen LogP contribution in [0.3, 0.4) is 0 Å². The van der Waals surface area contributed by atoms with Gasteiger partial charge in [-0.05, 0) is 37.7 Å². The van der Waals surface area contributed by atoms with Gasteiger partial charge in [-0.25, -0.2) is 4.79 Å². The molecule has 0 aromatic heterocycles. The van der Waals surface area contributed by atoms with Crippen LogP contribution in [0.1, 0.15) is 26.3 Å². The number of carbonyl (C=O) groups excluding carboxylic acids is 1. The molecule has 4 nitrogen and oxygen atoms in total. The van der Waals surface area contributed by atoms with Crippen LogP contribution in [0.25, 0.3) is 0 Å². The van der Waals surface area contributed by atoms with E-state index in [-0.39, 0.29) is 11.1 Å². The fourth-order valence-electron chi connectivity index (χ4n) is 1.93. The largest absolute Gasteiger partial charge is 0.416 e. The summed E-state index contributed by atoms with van der Waals surface area (Å²) >= 11 is 0. The lowest BCUT2D eigenvalue weighted by Crippen LogP contribution is -2.45. The molecule has 0 bridgehead atoms. The van der Waals surface area contributed by atoms with E-state index in [1.807, 2.05) is 39.8 Å². The lowest BCUT2D eigenvalue weighted by Gasteiger charge is -2.27. The normalized spacial score (nSPS) is 12.4. The van der Waals surface area contributed by atoms with Crippen LogP contribution in [-0.4, -0.2) is 44.7 Å². The average Bonchev–Trinajstić information content (AvgIpc) is 2.43. The van der Waals surface area contributed by atoms with Gasteiger partial charge in [-0.3, -0.25) is 4.90 Å². The molecule has 0 heterocycles. The molecule has 1 N–H and O–H groups in total. The molecule has 0 atom stereocenters. The molecule has 2 amide bonds. The summed E-state index contributed by atoms with van der Waals surface area (Å²) < 4.78 is 38.8. The van der Waals surface area contributed by atoms with Crippen molar-refractivity contribution in [1.29, 1.82) is 0 Å². The fourth-order valence-corrected chi connectivity index (χ4v) is 1.93. The van der Waals surface area contributed by atoms with Crippen molar-refractivity contribution in [2.24, 2.45) is 5.41 Å². The molecule has 0 aliphatic heterocycles. The van der Waals surface area contributed by atoms with Crippen molar-refractivity contribution in [3.05, 3.63) is 29.8 Å². The Bertz CT molecular complexity index is 551. The smallest absolute Gasteiger partial charge is 0.337 e. The lowest BCUT2D eigenvalue weighted by molar-refractivity contribution is -0.137. The van der Waals surface area contributed by atoms with Gasteiger partial charge in [0.1, 0.15) is 0 Å². The second-order valence-electron chi connectivity index (χ2n) is 7.22. The van der Waals surface area contributed by atoms with E-state index < -0.39 is 17.8 Å². The maximum atomic E-state index is 12.9. The molecule has 1 aromatic rings. The average molecular weight is 345 g/mol. The number of carbonyl (C=O) groups is 1. The van der Waals surface area contributed by atoms with Gasteiger partial charge < -0.3 is 10.2 Å². The molecule has 1 rings (SSSR count). The molecular formula is C17H26F3N3O. The van der Waals surface area contributed by atoms with Gasteiger partial charge in [0.15, 0.2) is 0 Å². The zero-order valence-corrected chi connectivity index (χ0v) is 14.9. The van der Waals surface area contributed by atoms with Gasteiger partial charge >= 0.3 is 12.2 Å². The summed E-state index contributed by atoms with van der Waals surface area (Å²) in [7, 11) is 3.69. The van der Waals surface area contributed by atoms with Crippen LogP contribution in [-0.2, 0) is 6.18 Å². The molecule has 136 valence electrons. The van der Waals surface area contributed by atoms with E-state index in [1.54, 1.807) is 0 Å². The predicted octanol–water partition coefficient (Wildman–Crippen LogP) is 3.83. The molecule has 24 heavy (non-hydrogen) atoms. The number of urea groups is 1. The molecular weight excluding hydrogens is 319 g/mol. The van der Waals surface area contributed by atoms with E-state index in [0.29, 0.717) is 19.6 Å². The topological polar surface area (TPSA) is 35.6 Å². The number of nitrogens with one attached hydrogen (secondary N) is 1. The minimum Gasteiger partial charge on any atom is -0.337 e. The minimum absolute atomic E-state index is 0.114. The number of hydrogen-bond donors (Lipinski definition) is 1. The molecule has 0 radical (unpaired) electrons. The van der Waals surface area contributed by atoms with E-state index in [2.05, 4.69) is 5.32 Å². The maximum Gasteiger partial charge on any atom is 0.416 e. The molecule has 0 saturated heterocycles. The van der Waals surface area contributed by atoms with E-state index >= 15 is 0 Å². The van der Waals surface area contributed by atoms with E-state index in [0.717, 1.165) is 12.1 Å². The van der Waals surface area contributed by atoms with Crippen molar-refractivity contribution < 1.29 is 18.0 Å². The summed E-state index contributed by atoms with van der Waals surface area (Å²) in [5.41, 5.74) is -0.645. The number of rotatable bonds is 5. The second-order valence-corrected chi connectivity index (χ2v) is 7.22. The highest BCUT2D eigenvalue weighted by atomic mass is 19.4. The highest BCUT2D eigenvalue weighted by molar-refractivity contribution is 5.92. The first-order valence-electron chi connectivity index (χ1n) is 7.77. The molecule has 7 heteroatoms. The monoisotopic (exact) mass is 345 g/mol. The second kappa shape index (κ2) is 7.88. The van der Waals surface area contributed by atoms with E-state index in [9.17, 15) is 18.0 Å². The quantitative estimate of drug-likeness (QED) is 0.880. The number of amides is 2. The number of anilines is 1. The van der Waals surface area contributed by atoms with Crippen molar-refractivity contribution in [2.45, 2.75) is 26.9 Å². The summed E-state index contributed by atoms with van der Waals surface area (Å²) in [6.07, 6.45) is -4.44. The molecule has 0 unspecified atom stereocenters. The molecule has 0 fully saturated rings. The van der Waals surface area contributed by atoms with Crippen LogP contribution in [0.4, 0.5) is 23.7 Å². The van der Waals surface area contributed by atoms with E-state index in [4.69, 9.17) is 0 Å². The van der Waals surface area contributed by atoms with Gasteiger partial charge in [-0.1, -0.05) is 26.8 Å². The Balaban J connectivity index is 3.03. The summed E-state index contributed by atoms with van der Waals surface area (Å²) in [6, 6.07) is 4.44. The predicted molar refractivity (Wildman–Crippen MR) is 90.2 cm³/mol. The molecule has 0 saturated carbocycles. The van der Waals surface area contributed by atoms with Crippen molar-refractivity contribution in [3.8, 4) is 0 Å². The fraction of sp³-hybridized carbons (Fsp3) is 0.588. The minimum atomic E-state index is -4.44. The van der Waals surface area contributed by atoms with Gasteiger partial charge in [0, 0.05) is 25.3 Å². The first-order valence-corrected chi connectivity index (χ1v) is 7.77. The summed E-state index contributed by atoms with van der Waals surface area (Å²) in [5.74, 6) is 0. The third kappa shape index (κ3) is 6.78.